The van der Waals surface area contributed by atoms with E-state index in [2.05, 4.69) is 34.4 Å². The third-order valence-corrected chi connectivity index (χ3v) is 2.79. The SMILES string of the molecule is Cc1nc(NCC(C)C)cc(C(=O)Nc2ccccc2)n1. The van der Waals surface area contributed by atoms with Crippen LogP contribution in [0.15, 0.2) is 36.4 Å². The quantitative estimate of drug-likeness (QED) is 0.885. The number of aromatic nitrogens is 2. The van der Waals surface area contributed by atoms with Crippen molar-refractivity contribution >= 4 is 17.4 Å². The topological polar surface area (TPSA) is 66.9 Å². The number of amides is 1. The highest BCUT2D eigenvalue weighted by atomic mass is 16.1. The largest absolute Gasteiger partial charge is 0.370 e. The Morgan fingerprint density at radius 2 is 1.90 bits per heavy atom. The fraction of sp³-hybridized carbons (Fsp3) is 0.312. The first kappa shape index (κ1) is 15.0. The van der Waals surface area contributed by atoms with Gasteiger partial charge in [-0.2, -0.15) is 0 Å². The van der Waals surface area contributed by atoms with Crippen LogP contribution >= 0.6 is 0 Å². The lowest BCUT2D eigenvalue weighted by molar-refractivity contribution is 0.102. The van der Waals surface area contributed by atoms with E-state index in [-0.39, 0.29) is 5.91 Å². The van der Waals surface area contributed by atoms with Crippen molar-refractivity contribution in [2.45, 2.75) is 20.8 Å². The summed E-state index contributed by atoms with van der Waals surface area (Å²) in [6.45, 7) is 6.81. The average Bonchev–Trinajstić information content (AvgIpc) is 2.45. The van der Waals surface area contributed by atoms with Crippen molar-refractivity contribution in [3.05, 3.63) is 47.9 Å². The maximum Gasteiger partial charge on any atom is 0.274 e. The first-order chi connectivity index (χ1) is 10.0. The van der Waals surface area contributed by atoms with Gasteiger partial charge < -0.3 is 10.6 Å². The number of carbonyl (C=O) groups is 1. The molecule has 0 atom stereocenters. The number of benzene rings is 1. The Bertz CT molecular complexity index is 611. The molecule has 0 unspecified atom stereocenters. The number of anilines is 2. The molecule has 0 saturated heterocycles. The molecular weight excluding hydrogens is 264 g/mol. The standard InChI is InChI=1S/C16H20N4O/c1-11(2)10-17-15-9-14(18-12(3)19-15)16(21)20-13-7-5-4-6-8-13/h4-9,11H,10H2,1-3H3,(H,20,21)(H,17,18,19). The molecule has 2 N–H and O–H groups in total. The second-order valence-corrected chi connectivity index (χ2v) is 5.28. The van der Waals surface area contributed by atoms with Crippen LogP contribution in [-0.4, -0.2) is 22.4 Å². The summed E-state index contributed by atoms with van der Waals surface area (Å²) in [7, 11) is 0. The molecule has 0 fully saturated rings. The molecule has 1 aromatic heterocycles. The molecule has 0 aliphatic heterocycles. The lowest BCUT2D eigenvalue weighted by atomic mass is 10.2. The second-order valence-electron chi connectivity index (χ2n) is 5.28. The monoisotopic (exact) mass is 284 g/mol. The Balaban J connectivity index is 2.13. The summed E-state index contributed by atoms with van der Waals surface area (Å²) in [5, 5.41) is 6.03. The van der Waals surface area contributed by atoms with E-state index in [4.69, 9.17) is 0 Å². The minimum Gasteiger partial charge on any atom is -0.370 e. The van der Waals surface area contributed by atoms with Gasteiger partial charge in [-0.3, -0.25) is 4.79 Å². The molecule has 0 aliphatic carbocycles. The summed E-state index contributed by atoms with van der Waals surface area (Å²) in [6.07, 6.45) is 0. The first-order valence-electron chi connectivity index (χ1n) is 7.00. The van der Waals surface area contributed by atoms with Crippen LogP contribution in [0.1, 0.15) is 30.2 Å². The Hall–Kier alpha value is -2.43. The molecule has 5 heteroatoms. The molecule has 0 saturated carbocycles. The van der Waals surface area contributed by atoms with Crippen molar-refractivity contribution in [2.75, 3.05) is 17.2 Å². The number of aryl methyl sites for hydroxylation is 1. The summed E-state index contributed by atoms with van der Waals surface area (Å²) >= 11 is 0. The third kappa shape index (κ3) is 4.56. The van der Waals surface area contributed by atoms with E-state index in [1.54, 1.807) is 13.0 Å². The van der Waals surface area contributed by atoms with Gasteiger partial charge in [-0.05, 0) is 25.0 Å². The van der Waals surface area contributed by atoms with E-state index >= 15 is 0 Å². The van der Waals surface area contributed by atoms with Gasteiger partial charge in [0.2, 0.25) is 0 Å². The van der Waals surface area contributed by atoms with Crippen LogP contribution in [0, 0.1) is 12.8 Å². The van der Waals surface area contributed by atoms with Crippen LogP contribution in [0.3, 0.4) is 0 Å². The Morgan fingerprint density at radius 3 is 2.57 bits per heavy atom. The van der Waals surface area contributed by atoms with Crippen molar-refractivity contribution in [2.24, 2.45) is 5.92 Å². The molecule has 2 rings (SSSR count). The fourth-order valence-corrected chi connectivity index (χ4v) is 1.80. The van der Waals surface area contributed by atoms with Crippen LogP contribution in [0.5, 0.6) is 0 Å². The van der Waals surface area contributed by atoms with E-state index in [1.807, 2.05) is 30.3 Å². The van der Waals surface area contributed by atoms with E-state index in [0.717, 1.165) is 12.2 Å². The van der Waals surface area contributed by atoms with Crippen molar-refractivity contribution in [3.63, 3.8) is 0 Å². The summed E-state index contributed by atoms with van der Waals surface area (Å²) in [5.74, 6) is 1.51. The maximum absolute atomic E-state index is 12.2. The van der Waals surface area contributed by atoms with E-state index < -0.39 is 0 Å². The molecular formula is C16H20N4O. The molecule has 0 bridgehead atoms. The van der Waals surface area contributed by atoms with Gasteiger partial charge in [0.05, 0.1) is 0 Å². The van der Waals surface area contributed by atoms with Gasteiger partial charge in [-0.25, -0.2) is 9.97 Å². The zero-order chi connectivity index (χ0) is 15.2. The number of hydrogen-bond donors (Lipinski definition) is 2. The highest BCUT2D eigenvalue weighted by Gasteiger charge is 2.11. The molecule has 5 nitrogen and oxygen atoms in total. The van der Waals surface area contributed by atoms with Crippen LogP contribution in [0.25, 0.3) is 0 Å². The molecule has 0 spiro atoms. The Kier molecular flexibility index (Phi) is 4.87. The number of rotatable bonds is 5. The van der Waals surface area contributed by atoms with Crippen LogP contribution in [-0.2, 0) is 0 Å². The predicted molar refractivity (Wildman–Crippen MR) is 84.5 cm³/mol. The lowest BCUT2D eigenvalue weighted by Gasteiger charge is -2.10. The van der Waals surface area contributed by atoms with Gasteiger partial charge >= 0.3 is 0 Å². The second kappa shape index (κ2) is 6.83. The first-order valence-corrected chi connectivity index (χ1v) is 7.00. The van der Waals surface area contributed by atoms with Gasteiger partial charge in [0.25, 0.3) is 5.91 Å². The molecule has 0 aliphatic rings. The van der Waals surface area contributed by atoms with Crippen LogP contribution in [0.4, 0.5) is 11.5 Å². The lowest BCUT2D eigenvalue weighted by Crippen LogP contribution is -2.16. The average molecular weight is 284 g/mol. The third-order valence-electron chi connectivity index (χ3n) is 2.79. The summed E-state index contributed by atoms with van der Waals surface area (Å²) < 4.78 is 0. The summed E-state index contributed by atoms with van der Waals surface area (Å²) in [5.41, 5.74) is 1.10. The van der Waals surface area contributed by atoms with Crippen molar-refractivity contribution < 1.29 is 4.79 Å². The van der Waals surface area contributed by atoms with Crippen LogP contribution in [0.2, 0.25) is 0 Å². The molecule has 0 radical (unpaired) electrons. The predicted octanol–water partition coefficient (Wildman–Crippen LogP) is 3.11. The zero-order valence-electron chi connectivity index (χ0n) is 12.6. The van der Waals surface area contributed by atoms with Crippen molar-refractivity contribution in [1.29, 1.82) is 0 Å². The van der Waals surface area contributed by atoms with Crippen LogP contribution < -0.4 is 10.6 Å². The van der Waals surface area contributed by atoms with Gasteiger partial charge in [-0.1, -0.05) is 32.0 Å². The van der Waals surface area contributed by atoms with E-state index in [9.17, 15) is 4.79 Å². The Morgan fingerprint density at radius 1 is 1.19 bits per heavy atom. The van der Waals surface area contributed by atoms with Gasteiger partial charge in [0.1, 0.15) is 17.3 Å². The highest BCUT2D eigenvalue weighted by Crippen LogP contribution is 2.11. The minimum absolute atomic E-state index is 0.237. The smallest absolute Gasteiger partial charge is 0.274 e. The number of para-hydroxylation sites is 1. The summed E-state index contributed by atoms with van der Waals surface area (Å²) in [6, 6.07) is 11.0. The number of hydrogen-bond acceptors (Lipinski definition) is 4. The number of nitrogens with zero attached hydrogens (tertiary/aromatic N) is 2. The molecule has 1 heterocycles. The van der Waals surface area contributed by atoms with E-state index in [0.29, 0.717) is 23.3 Å². The zero-order valence-corrected chi connectivity index (χ0v) is 12.6. The maximum atomic E-state index is 12.2. The molecule has 110 valence electrons. The number of nitrogens with one attached hydrogen (secondary N) is 2. The van der Waals surface area contributed by atoms with E-state index in [1.165, 1.54) is 0 Å². The Labute approximate surface area is 124 Å². The van der Waals surface area contributed by atoms with Crippen molar-refractivity contribution in [1.82, 2.24) is 9.97 Å². The highest BCUT2D eigenvalue weighted by molar-refractivity contribution is 6.03. The number of carbonyl (C=O) groups excluding carboxylic acids is 1. The minimum atomic E-state index is -0.237. The molecule has 1 amide bonds. The normalized spacial score (nSPS) is 10.5. The van der Waals surface area contributed by atoms with Gasteiger partial charge in [0.15, 0.2) is 0 Å². The van der Waals surface area contributed by atoms with Gasteiger partial charge in [-0.15, -0.1) is 0 Å². The molecule has 1 aromatic carbocycles. The fourth-order valence-electron chi connectivity index (χ4n) is 1.80. The van der Waals surface area contributed by atoms with Crippen molar-refractivity contribution in [3.8, 4) is 0 Å². The molecule has 2 aromatic rings. The van der Waals surface area contributed by atoms with Gasteiger partial charge in [0, 0.05) is 18.3 Å². The molecule has 21 heavy (non-hydrogen) atoms. The summed E-state index contributed by atoms with van der Waals surface area (Å²) in [4.78, 5) is 20.7.